The summed E-state index contributed by atoms with van der Waals surface area (Å²) in [7, 11) is 1.93. The van der Waals surface area contributed by atoms with Gasteiger partial charge in [-0.25, -0.2) is 0 Å². The summed E-state index contributed by atoms with van der Waals surface area (Å²) >= 11 is 0. The molecule has 5 aromatic rings. The molecular formula is C53H52N2. The first-order valence-electron chi connectivity index (χ1n) is 19.2. The maximum atomic E-state index is 4.16. The maximum Gasteiger partial charge on any atom is 0.0273 e. The Labute approximate surface area is 329 Å². The van der Waals surface area contributed by atoms with Gasteiger partial charge in [-0.1, -0.05) is 184 Å². The van der Waals surface area contributed by atoms with Crippen LogP contribution in [0, 0.1) is 0 Å². The average molecular weight is 717 g/mol. The Hall–Kier alpha value is -6.51. The van der Waals surface area contributed by atoms with Gasteiger partial charge in [0.15, 0.2) is 0 Å². The van der Waals surface area contributed by atoms with Crippen LogP contribution in [0.25, 0.3) is 40.0 Å². The monoisotopic (exact) mass is 716 g/mol. The molecule has 1 aliphatic carbocycles. The molecule has 0 amide bonds. The van der Waals surface area contributed by atoms with Crippen molar-refractivity contribution in [1.29, 1.82) is 0 Å². The molecule has 0 aliphatic heterocycles. The molecule has 0 radical (unpaired) electrons. The third kappa shape index (κ3) is 11.0. The van der Waals surface area contributed by atoms with Gasteiger partial charge in [-0.05, 0) is 117 Å². The second kappa shape index (κ2) is 21.3. The van der Waals surface area contributed by atoms with Crippen LogP contribution in [0.1, 0.15) is 66.1 Å². The van der Waals surface area contributed by atoms with Gasteiger partial charge in [0.2, 0.25) is 0 Å². The number of rotatable bonds is 13. The third-order valence-corrected chi connectivity index (χ3v) is 9.24. The molecule has 0 unspecified atom stereocenters. The Morgan fingerprint density at radius 3 is 2.07 bits per heavy atom. The third-order valence-electron chi connectivity index (χ3n) is 9.24. The minimum atomic E-state index is 0.810. The first-order chi connectivity index (χ1) is 27.2. The Kier molecular flexibility index (Phi) is 15.3. The van der Waals surface area contributed by atoms with Crippen molar-refractivity contribution in [2.24, 2.45) is 0 Å². The standard InChI is InChI=1S/C51H46N2.C2H6/c1-4-11-41(12-5-2)42-23-17-39(18-24-42)19-25-43(26-20-40-21-27-44(28-22-40)46-34-37-53-38-35-46)45-29-31-49(32-30-45)51(48-14-7-6-8-15-48)50-16-10-9-13-47(50)33-36-52-3;1-2/h4-14,16-18,20-38,52H,1,15,19H2,2-3H3;1-2H3/b12-5-,26-20-,36-33-,41-11+,43-25+,51-48+;. The molecule has 2 heteroatoms. The second-order valence-corrected chi connectivity index (χ2v) is 12.8. The fraction of sp³-hybridized carbons (Fsp3) is 0.113. The lowest BCUT2D eigenvalue weighted by atomic mass is 9.87. The molecule has 1 N–H and O–H groups in total. The van der Waals surface area contributed by atoms with Gasteiger partial charge in [0.25, 0.3) is 0 Å². The topological polar surface area (TPSA) is 24.9 Å². The predicted molar refractivity (Wildman–Crippen MR) is 241 cm³/mol. The van der Waals surface area contributed by atoms with Gasteiger partial charge in [0, 0.05) is 19.4 Å². The number of allylic oxidation sites excluding steroid dienone is 13. The van der Waals surface area contributed by atoms with E-state index in [1.54, 1.807) is 0 Å². The zero-order valence-corrected chi connectivity index (χ0v) is 32.6. The second-order valence-electron chi connectivity index (χ2n) is 12.8. The molecule has 0 spiro atoms. The number of benzene rings is 4. The Morgan fingerprint density at radius 2 is 1.40 bits per heavy atom. The van der Waals surface area contributed by atoms with Crippen LogP contribution in [0.15, 0.2) is 201 Å². The Morgan fingerprint density at radius 1 is 0.727 bits per heavy atom. The van der Waals surface area contributed by atoms with Crippen molar-refractivity contribution in [2.45, 2.75) is 33.6 Å². The molecule has 6 rings (SSSR count). The first kappa shape index (κ1) is 39.7. The number of hydrogen-bond acceptors (Lipinski definition) is 2. The molecule has 55 heavy (non-hydrogen) atoms. The highest BCUT2D eigenvalue weighted by Gasteiger charge is 2.14. The van der Waals surface area contributed by atoms with Gasteiger partial charge in [-0.15, -0.1) is 0 Å². The van der Waals surface area contributed by atoms with Gasteiger partial charge in [0.05, 0.1) is 0 Å². The summed E-state index contributed by atoms with van der Waals surface area (Å²) in [5, 5.41) is 3.15. The van der Waals surface area contributed by atoms with Crippen molar-refractivity contribution in [3.63, 3.8) is 0 Å². The zero-order valence-electron chi connectivity index (χ0n) is 32.6. The van der Waals surface area contributed by atoms with Crippen LogP contribution in [-0.4, -0.2) is 12.0 Å². The van der Waals surface area contributed by atoms with E-state index in [1.807, 2.05) is 70.7 Å². The molecule has 274 valence electrons. The lowest BCUT2D eigenvalue weighted by molar-refractivity contribution is 1.11. The lowest BCUT2D eigenvalue weighted by Crippen LogP contribution is -1.98. The zero-order chi connectivity index (χ0) is 38.7. The highest BCUT2D eigenvalue weighted by atomic mass is 14.8. The van der Waals surface area contributed by atoms with Gasteiger partial charge >= 0.3 is 0 Å². The van der Waals surface area contributed by atoms with Crippen LogP contribution in [0.3, 0.4) is 0 Å². The van der Waals surface area contributed by atoms with Gasteiger partial charge in [-0.2, -0.15) is 0 Å². The highest BCUT2D eigenvalue weighted by molar-refractivity contribution is 5.89. The Balaban J connectivity index is 0.00000285. The number of pyridine rings is 1. The lowest BCUT2D eigenvalue weighted by Gasteiger charge is -2.17. The fourth-order valence-electron chi connectivity index (χ4n) is 6.50. The molecular weight excluding hydrogens is 665 g/mol. The molecule has 4 aromatic carbocycles. The van der Waals surface area contributed by atoms with E-state index in [9.17, 15) is 0 Å². The van der Waals surface area contributed by atoms with Gasteiger partial charge in [0.1, 0.15) is 0 Å². The van der Waals surface area contributed by atoms with Crippen LogP contribution >= 0.6 is 0 Å². The van der Waals surface area contributed by atoms with Crippen molar-refractivity contribution in [2.75, 3.05) is 7.05 Å². The molecule has 2 nitrogen and oxygen atoms in total. The minimum absolute atomic E-state index is 0.810. The van der Waals surface area contributed by atoms with E-state index >= 15 is 0 Å². The predicted octanol–water partition coefficient (Wildman–Crippen LogP) is 13.8. The minimum Gasteiger partial charge on any atom is -0.394 e. The summed E-state index contributed by atoms with van der Waals surface area (Å²) in [5.74, 6) is 0. The molecule has 1 heterocycles. The normalized spacial score (nSPS) is 14.0. The summed E-state index contributed by atoms with van der Waals surface area (Å²) in [6.45, 7) is 9.93. The summed E-state index contributed by atoms with van der Waals surface area (Å²) in [5.41, 5.74) is 15.6. The average Bonchev–Trinajstić information content (AvgIpc) is 3.25. The van der Waals surface area contributed by atoms with E-state index in [2.05, 4.69) is 175 Å². The van der Waals surface area contributed by atoms with Crippen molar-refractivity contribution in [3.8, 4) is 11.1 Å². The molecule has 0 saturated heterocycles. The van der Waals surface area contributed by atoms with Crippen LogP contribution in [0.5, 0.6) is 0 Å². The van der Waals surface area contributed by atoms with Crippen molar-refractivity contribution in [3.05, 3.63) is 240 Å². The van der Waals surface area contributed by atoms with Gasteiger partial charge in [-0.3, -0.25) is 4.98 Å². The number of aromatic nitrogens is 1. The molecule has 1 aromatic heterocycles. The summed E-state index contributed by atoms with van der Waals surface area (Å²) in [6, 6.07) is 39.3. The molecule has 0 fully saturated rings. The largest absolute Gasteiger partial charge is 0.394 e. The first-order valence-corrected chi connectivity index (χ1v) is 19.2. The van der Waals surface area contributed by atoms with Crippen LogP contribution in [-0.2, 0) is 6.42 Å². The number of nitrogens with zero attached hydrogens (tertiary/aromatic N) is 1. The summed E-state index contributed by atoms with van der Waals surface area (Å²) < 4.78 is 0. The summed E-state index contributed by atoms with van der Waals surface area (Å²) in [4.78, 5) is 4.16. The van der Waals surface area contributed by atoms with Crippen LogP contribution in [0.4, 0.5) is 0 Å². The SMILES string of the molecule is C=C/C=C(\C=C/C)c1ccc(C/C=C(\C=C/c2ccc(-c3ccncc3)cc2)c2ccc(/C(=C3/C=CC=CC3)c3ccccc3/C=C\NC)cc2)cc1.CC. The smallest absolute Gasteiger partial charge is 0.0273 e. The maximum absolute atomic E-state index is 4.16. The van der Waals surface area contributed by atoms with E-state index in [0.717, 1.165) is 29.5 Å². The number of hydrogen-bond donors (Lipinski definition) is 1. The van der Waals surface area contributed by atoms with Crippen molar-refractivity contribution in [1.82, 2.24) is 10.3 Å². The van der Waals surface area contributed by atoms with Crippen LogP contribution in [0.2, 0.25) is 0 Å². The van der Waals surface area contributed by atoms with E-state index in [1.165, 1.54) is 55.7 Å². The fourth-order valence-corrected chi connectivity index (χ4v) is 6.50. The Bertz CT molecular complexity index is 2230. The highest BCUT2D eigenvalue weighted by Crippen LogP contribution is 2.34. The van der Waals surface area contributed by atoms with Crippen LogP contribution < -0.4 is 5.32 Å². The van der Waals surface area contributed by atoms with Crippen molar-refractivity contribution < 1.29 is 0 Å². The molecule has 0 atom stereocenters. The summed E-state index contributed by atoms with van der Waals surface area (Å²) in [6.07, 6.45) is 33.1. The molecule has 0 bridgehead atoms. The van der Waals surface area contributed by atoms with E-state index in [-0.39, 0.29) is 0 Å². The van der Waals surface area contributed by atoms with Gasteiger partial charge < -0.3 is 5.32 Å². The van der Waals surface area contributed by atoms with Crippen molar-refractivity contribution >= 4 is 28.9 Å². The van der Waals surface area contributed by atoms with E-state index in [0.29, 0.717) is 0 Å². The quantitative estimate of drug-likeness (QED) is 0.123. The van der Waals surface area contributed by atoms with E-state index in [4.69, 9.17) is 0 Å². The number of nitrogens with one attached hydrogen (secondary N) is 1. The molecule has 0 saturated carbocycles. The molecule has 1 aliphatic rings. The van der Waals surface area contributed by atoms with E-state index < -0.39 is 0 Å².